The zero-order valence-electron chi connectivity index (χ0n) is 11.0. The number of nitrogens with one attached hydrogen (secondary N) is 1. The van der Waals surface area contributed by atoms with Gasteiger partial charge in [0.2, 0.25) is 0 Å². The molecule has 0 aliphatic heterocycles. The summed E-state index contributed by atoms with van der Waals surface area (Å²) in [5.41, 5.74) is 2.10. The topological polar surface area (TPSA) is 56.3 Å². The van der Waals surface area contributed by atoms with Crippen LogP contribution in [0.1, 0.15) is 17.1 Å². The normalized spacial score (nSPS) is 10.6. The number of anilines is 1. The number of ether oxygens (including phenoxy) is 2. The molecule has 0 bridgehead atoms. The highest BCUT2D eigenvalue weighted by atomic mass is 16.5. The summed E-state index contributed by atoms with van der Waals surface area (Å²) in [5.74, 6) is 1.71. The van der Waals surface area contributed by atoms with Gasteiger partial charge in [0, 0.05) is 31.8 Å². The highest BCUT2D eigenvalue weighted by Gasteiger charge is 2.06. The first-order valence-corrected chi connectivity index (χ1v) is 5.77. The fraction of sp³-hybridized carbons (Fsp3) is 0.667. The van der Waals surface area contributed by atoms with Crippen LogP contribution in [0, 0.1) is 13.8 Å². The van der Waals surface area contributed by atoms with Crippen molar-refractivity contribution in [2.45, 2.75) is 20.3 Å². The highest BCUT2D eigenvalue weighted by molar-refractivity contribution is 5.44. The van der Waals surface area contributed by atoms with E-state index in [1.807, 2.05) is 20.9 Å². The Morgan fingerprint density at radius 2 is 1.88 bits per heavy atom. The van der Waals surface area contributed by atoms with Crippen molar-refractivity contribution in [3.05, 3.63) is 17.1 Å². The molecule has 17 heavy (non-hydrogen) atoms. The Balaban J connectivity index is 2.51. The van der Waals surface area contributed by atoms with Crippen molar-refractivity contribution < 1.29 is 9.47 Å². The lowest BCUT2D eigenvalue weighted by atomic mass is 10.2. The Bertz CT molecular complexity index is 356. The van der Waals surface area contributed by atoms with Gasteiger partial charge in [-0.1, -0.05) is 0 Å². The Morgan fingerprint density at radius 3 is 2.53 bits per heavy atom. The average molecular weight is 239 g/mol. The van der Waals surface area contributed by atoms with Crippen molar-refractivity contribution >= 4 is 5.82 Å². The molecule has 1 N–H and O–H groups in total. The molecule has 0 aromatic carbocycles. The van der Waals surface area contributed by atoms with Gasteiger partial charge >= 0.3 is 0 Å². The molecular weight excluding hydrogens is 218 g/mol. The van der Waals surface area contributed by atoms with Crippen molar-refractivity contribution in [2.75, 3.05) is 39.3 Å². The van der Waals surface area contributed by atoms with Gasteiger partial charge in [-0.25, -0.2) is 9.97 Å². The second-order valence-corrected chi connectivity index (χ2v) is 3.80. The molecular formula is C12H21N3O2. The second kappa shape index (κ2) is 7.19. The zero-order chi connectivity index (χ0) is 12.7. The van der Waals surface area contributed by atoms with Crippen molar-refractivity contribution in [2.24, 2.45) is 0 Å². The Kier molecular flexibility index (Phi) is 5.86. The summed E-state index contributed by atoms with van der Waals surface area (Å²) in [6, 6.07) is 0. The Labute approximate surface area is 103 Å². The maximum Gasteiger partial charge on any atom is 0.133 e. The van der Waals surface area contributed by atoms with E-state index in [0.717, 1.165) is 29.3 Å². The number of nitrogens with zero attached hydrogens (tertiary/aromatic N) is 2. The minimum absolute atomic E-state index is 0.611. The molecule has 1 aromatic heterocycles. The fourth-order valence-electron chi connectivity index (χ4n) is 1.45. The SMILES string of the molecule is CNc1nc(CCOCCOC)nc(C)c1C. The van der Waals surface area contributed by atoms with Crippen LogP contribution in [-0.2, 0) is 15.9 Å². The number of rotatable bonds is 7. The lowest BCUT2D eigenvalue weighted by Crippen LogP contribution is -2.10. The Morgan fingerprint density at radius 1 is 1.12 bits per heavy atom. The lowest BCUT2D eigenvalue weighted by Gasteiger charge is -2.09. The second-order valence-electron chi connectivity index (χ2n) is 3.80. The highest BCUT2D eigenvalue weighted by Crippen LogP contribution is 2.14. The van der Waals surface area contributed by atoms with E-state index in [9.17, 15) is 0 Å². The minimum atomic E-state index is 0.611. The van der Waals surface area contributed by atoms with E-state index in [1.165, 1.54) is 0 Å². The summed E-state index contributed by atoms with van der Waals surface area (Å²) in [6.45, 7) is 5.86. The van der Waals surface area contributed by atoms with Crippen LogP contribution in [0.2, 0.25) is 0 Å². The third kappa shape index (κ3) is 4.28. The van der Waals surface area contributed by atoms with Gasteiger partial charge in [-0.3, -0.25) is 0 Å². The maximum atomic E-state index is 5.40. The minimum Gasteiger partial charge on any atom is -0.382 e. The molecule has 0 fully saturated rings. The lowest BCUT2D eigenvalue weighted by molar-refractivity contribution is 0.0716. The van der Waals surface area contributed by atoms with E-state index < -0.39 is 0 Å². The van der Waals surface area contributed by atoms with Gasteiger partial charge in [-0.05, 0) is 13.8 Å². The fourth-order valence-corrected chi connectivity index (χ4v) is 1.45. The first-order valence-electron chi connectivity index (χ1n) is 5.77. The average Bonchev–Trinajstić information content (AvgIpc) is 2.33. The molecule has 0 unspecified atom stereocenters. The summed E-state index contributed by atoms with van der Waals surface area (Å²) in [5, 5.41) is 3.08. The van der Waals surface area contributed by atoms with E-state index >= 15 is 0 Å². The van der Waals surface area contributed by atoms with Crippen LogP contribution in [0.4, 0.5) is 5.82 Å². The third-order valence-corrected chi connectivity index (χ3v) is 2.57. The van der Waals surface area contributed by atoms with Gasteiger partial charge in [0.05, 0.1) is 19.8 Å². The van der Waals surface area contributed by atoms with Crippen molar-refractivity contribution in [1.29, 1.82) is 0 Å². The van der Waals surface area contributed by atoms with Crippen LogP contribution in [0.15, 0.2) is 0 Å². The summed E-state index contributed by atoms with van der Waals surface area (Å²) >= 11 is 0. The number of aromatic nitrogens is 2. The van der Waals surface area contributed by atoms with E-state index in [2.05, 4.69) is 15.3 Å². The summed E-state index contributed by atoms with van der Waals surface area (Å²) < 4.78 is 10.3. The van der Waals surface area contributed by atoms with Crippen molar-refractivity contribution in [3.8, 4) is 0 Å². The molecule has 1 heterocycles. The van der Waals surface area contributed by atoms with E-state index in [1.54, 1.807) is 7.11 Å². The zero-order valence-corrected chi connectivity index (χ0v) is 11.0. The molecule has 0 atom stereocenters. The third-order valence-electron chi connectivity index (χ3n) is 2.57. The molecule has 1 aromatic rings. The van der Waals surface area contributed by atoms with Gasteiger partial charge < -0.3 is 14.8 Å². The number of hydrogen-bond donors (Lipinski definition) is 1. The van der Waals surface area contributed by atoms with Gasteiger partial charge in [0.1, 0.15) is 11.6 Å². The van der Waals surface area contributed by atoms with Gasteiger partial charge in [0.15, 0.2) is 0 Å². The van der Waals surface area contributed by atoms with Gasteiger partial charge in [-0.2, -0.15) is 0 Å². The van der Waals surface area contributed by atoms with Crippen molar-refractivity contribution in [1.82, 2.24) is 9.97 Å². The van der Waals surface area contributed by atoms with Crippen LogP contribution in [0.25, 0.3) is 0 Å². The first kappa shape index (κ1) is 13.9. The summed E-state index contributed by atoms with van der Waals surface area (Å²) in [4.78, 5) is 8.87. The summed E-state index contributed by atoms with van der Waals surface area (Å²) in [7, 11) is 3.53. The molecule has 0 spiro atoms. The molecule has 0 saturated heterocycles. The van der Waals surface area contributed by atoms with Crippen LogP contribution >= 0.6 is 0 Å². The molecule has 0 amide bonds. The number of hydrogen-bond acceptors (Lipinski definition) is 5. The van der Waals surface area contributed by atoms with E-state index in [-0.39, 0.29) is 0 Å². The van der Waals surface area contributed by atoms with Gasteiger partial charge in [0.25, 0.3) is 0 Å². The largest absolute Gasteiger partial charge is 0.382 e. The molecule has 5 nitrogen and oxygen atoms in total. The van der Waals surface area contributed by atoms with Crippen LogP contribution in [0.3, 0.4) is 0 Å². The molecule has 0 radical (unpaired) electrons. The number of aryl methyl sites for hydroxylation is 1. The quantitative estimate of drug-likeness (QED) is 0.728. The van der Waals surface area contributed by atoms with E-state index in [0.29, 0.717) is 19.8 Å². The monoisotopic (exact) mass is 239 g/mol. The predicted octanol–water partition coefficient (Wildman–Crippen LogP) is 1.34. The molecule has 96 valence electrons. The predicted molar refractivity (Wildman–Crippen MR) is 67.5 cm³/mol. The summed E-state index contributed by atoms with van der Waals surface area (Å²) in [6.07, 6.45) is 0.722. The number of methoxy groups -OCH3 is 1. The van der Waals surface area contributed by atoms with Gasteiger partial charge in [-0.15, -0.1) is 0 Å². The Hall–Kier alpha value is -1.20. The molecule has 1 rings (SSSR count). The molecule has 0 aliphatic rings. The van der Waals surface area contributed by atoms with Crippen LogP contribution in [-0.4, -0.2) is 43.9 Å². The standard InChI is InChI=1S/C12H21N3O2/c1-9-10(2)14-11(15-12(9)13-3)5-6-17-8-7-16-4/h5-8H2,1-4H3,(H,13,14,15). The maximum absolute atomic E-state index is 5.40. The molecule has 5 heteroatoms. The van der Waals surface area contributed by atoms with Crippen molar-refractivity contribution in [3.63, 3.8) is 0 Å². The first-order chi connectivity index (χ1) is 8.19. The van der Waals surface area contributed by atoms with E-state index in [4.69, 9.17) is 9.47 Å². The smallest absolute Gasteiger partial charge is 0.133 e. The van der Waals surface area contributed by atoms with Crippen LogP contribution < -0.4 is 5.32 Å². The molecule has 0 saturated carbocycles. The molecule has 0 aliphatic carbocycles. The van der Waals surface area contributed by atoms with Crippen LogP contribution in [0.5, 0.6) is 0 Å².